The molecule has 0 heterocycles. The normalized spacial score (nSPS) is 15.8. The van der Waals surface area contributed by atoms with Gasteiger partial charge in [-0.2, -0.15) is 27.0 Å². The molecule has 0 atom stereocenters. The van der Waals surface area contributed by atoms with Crippen LogP contribution in [0.5, 0.6) is 0 Å². The van der Waals surface area contributed by atoms with Gasteiger partial charge in [0.05, 0.1) is 11.4 Å². The number of carbonyl (C=O) groups excluding carboxylic acids is 2. The van der Waals surface area contributed by atoms with E-state index in [0.29, 0.717) is 11.1 Å². The van der Waals surface area contributed by atoms with Gasteiger partial charge in [-0.15, -0.1) is 0 Å². The van der Waals surface area contributed by atoms with Crippen LogP contribution in [-0.2, 0) is 29.8 Å². The summed E-state index contributed by atoms with van der Waals surface area (Å²) >= 11 is 0. The van der Waals surface area contributed by atoms with E-state index in [1.54, 1.807) is 60.7 Å². The summed E-state index contributed by atoms with van der Waals surface area (Å²) in [5.41, 5.74) is 8.53. The summed E-state index contributed by atoms with van der Waals surface area (Å²) in [6, 6.07) is 19.3. The van der Waals surface area contributed by atoms with Gasteiger partial charge in [0.25, 0.3) is 20.2 Å². The van der Waals surface area contributed by atoms with Crippen molar-refractivity contribution in [2.24, 2.45) is 10.2 Å². The number of aryl methyl sites for hydroxylation is 2. The average molecular weight is 683 g/mol. The number of fused-ring (bicyclic) bond motifs is 2. The highest BCUT2D eigenvalue weighted by atomic mass is 32.2. The van der Waals surface area contributed by atoms with Crippen molar-refractivity contribution in [3.8, 4) is 11.1 Å². The number of nitrogens with zero attached hydrogens (tertiary/aromatic N) is 2. The highest BCUT2D eigenvalue weighted by molar-refractivity contribution is 7.86. The topological polar surface area (TPSA) is 192 Å². The van der Waals surface area contributed by atoms with Gasteiger partial charge in [0.15, 0.2) is 0 Å². The first-order valence-corrected chi connectivity index (χ1v) is 17.2. The van der Waals surface area contributed by atoms with Crippen LogP contribution in [-0.4, -0.2) is 48.9 Å². The van der Waals surface area contributed by atoms with Gasteiger partial charge in [0.1, 0.15) is 21.2 Å². The van der Waals surface area contributed by atoms with Crippen molar-refractivity contribution >= 4 is 66.8 Å². The molecule has 2 aliphatic carbocycles. The van der Waals surface area contributed by atoms with E-state index >= 15 is 0 Å². The van der Waals surface area contributed by atoms with E-state index in [4.69, 9.17) is 0 Å². The van der Waals surface area contributed by atoms with Gasteiger partial charge in [-0.25, -0.2) is 0 Å². The Labute approximate surface area is 275 Å². The Bertz CT molecular complexity index is 2240. The first kappa shape index (κ1) is 32.4. The molecule has 0 spiro atoms. The third-order valence-corrected chi connectivity index (χ3v) is 9.53. The van der Waals surface area contributed by atoms with Crippen LogP contribution >= 0.6 is 0 Å². The molecule has 4 aromatic carbocycles. The Morgan fingerprint density at radius 3 is 1.31 bits per heavy atom. The molecule has 2 aliphatic rings. The van der Waals surface area contributed by atoms with Gasteiger partial charge in [0, 0.05) is 11.1 Å². The fourth-order valence-corrected chi connectivity index (χ4v) is 6.94. The fourth-order valence-electron chi connectivity index (χ4n) is 5.46. The predicted molar refractivity (Wildman–Crippen MR) is 182 cm³/mol. The molecule has 4 aromatic rings. The Balaban J connectivity index is 1.42. The standard InChI is InChI=1S/C34H26N4O8S2/c1-19-15-23(17-29(47(41,42)43)31(19)35-37-33-25-9-5-3-7-21(25)11-13-27(33)39)24-16-20(2)32(30(18-24)48(44,45)46)36-38-34-26-10-6-4-8-22(26)12-14-28(34)40/h3-18,35-36H,1-2H3,(H,41,42,43)(H,44,45,46)/b37-33+,38-34+. The molecule has 0 saturated carbocycles. The highest BCUT2D eigenvalue weighted by Gasteiger charge is 2.25. The number of nitrogens with one attached hydrogen (secondary N) is 2. The smallest absolute Gasteiger partial charge is 0.287 e. The molecule has 0 aromatic heterocycles. The van der Waals surface area contributed by atoms with Gasteiger partial charge in [-0.05, 0) is 83.6 Å². The van der Waals surface area contributed by atoms with Crippen molar-refractivity contribution in [1.29, 1.82) is 0 Å². The van der Waals surface area contributed by atoms with Crippen molar-refractivity contribution in [1.82, 2.24) is 0 Å². The number of hydrogen-bond acceptors (Lipinski definition) is 10. The molecule has 0 unspecified atom stereocenters. The lowest BCUT2D eigenvalue weighted by atomic mass is 9.95. The summed E-state index contributed by atoms with van der Waals surface area (Å²) in [5, 5.41) is 8.39. The van der Waals surface area contributed by atoms with E-state index in [9.17, 15) is 35.5 Å². The van der Waals surface area contributed by atoms with Crippen LogP contribution in [0.15, 0.2) is 105 Å². The maximum Gasteiger partial charge on any atom is 0.296 e. The van der Waals surface area contributed by atoms with Crippen LogP contribution in [0.1, 0.15) is 33.4 Å². The molecule has 12 nitrogen and oxygen atoms in total. The van der Waals surface area contributed by atoms with Crippen molar-refractivity contribution in [3.63, 3.8) is 0 Å². The molecule has 14 heteroatoms. The van der Waals surface area contributed by atoms with Gasteiger partial charge >= 0.3 is 0 Å². The number of ketones is 2. The molecule has 4 N–H and O–H groups in total. The maximum atomic E-state index is 12.6. The molecular weight excluding hydrogens is 657 g/mol. The van der Waals surface area contributed by atoms with Gasteiger partial charge in [-0.1, -0.05) is 60.7 Å². The van der Waals surface area contributed by atoms with Crippen molar-refractivity contribution < 1.29 is 35.5 Å². The number of hydrazone groups is 2. The summed E-state index contributed by atoms with van der Waals surface area (Å²) < 4.78 is 70.8. The van der Waals surface area contributed by atoms with E-state index in [-0.39, 0.29) is 45.1 Å². The molecule has 6 rings (SSSR count). The van der Waals surface area contributed by atoms with Crippen molar-refractivity contribution in [2.75, 3.05) is 10.9 Å². The lowest BCUT2D eigenvalue weighted by molar-refractivity contribution is -0.109. The summed E-state index contributed by atoms with van der Waals surface area (Å²) in [7, 11) is -9.77. The van der Waals surface area contributed by atoms with E-state index in [1.807, 2.05) is 0 Å². The monoisotopic (exact) mass is 682 g/mol. The zero-order valence-corrected chi connectivity index (χ0v) is 26.9. The SMILES string of the molecule is Cc1cc(-c2cc(C)c(N/N=C3/C(=O)C=Cc4ccccc43)c(S(=O)(=O)O)c2)cc(S(=O)(=O)O)c1N/N=C1/C(=O)C=Cc2ccccc21. The fraction of sp³-hybridized carbons (Fsp3) is 0.0588. The summed E-state index contributed by atoms with van der Waals surface area (Å²) in [6.07, 6.45) is 5.96. The second-order valence-electron chi connectivity index (χ2n) is 11.0. The zero-order valence-electron chi connectivity index (χ0n) is 25.3. The van der Waals surface area contributed by atoms with Gasteiger partial charge < -0.3 is 0 Å². The van der Waals surface area contributed by atoms with E-state index < -0.39 is 41.6 Å². The summed E-state index contributed by atoms with van der Waals surface area (Å²) in [6.45, 7) is 3.07. The first-order valence-electron chi connectivity index (χ1n) is 14.3. The molecule has 0 radical (unpaired) electrons. The zero-order chi connectivity index (χ0) is 34.4. The second-order valence-corrected chi connectivity index (χ2v) is 13.8. The number of anilines is 2. The molecule has 242 valence electrons. The Morgan fingerprint density at radius 2 is 0.938 bits per heavy atom. The number of hydrogen-bond donors (Lipinski definition) is 4. The molecular formula is C34H26N4O8S2. The third-order valence-electron chi connectivity index (χ3n) is 7.77. The first-order chi connectivity index (χ1) is 22.7. The maximum absolute atomic E-state index is 12.6. The third kappa shape index (κ3) is 6.24. The van der Waals surface area contributed by atoms with Gasteiger partial charge in [0.2, 0.25) is 11.6 Å². The van der Waals surface area contributed by atoms with Crippen LogP contribution < -0.4 is 10.9 Å². The lowest BCUT2D eigenvalue weighted by Gasteiger charge is -2.17. The number of allylic oxidation sites excluding steroid dienone is 2. The van der Waals surface area contributed by atoms with E-state index in [2.05, 4.69) is 21.1 Å². The van der Waals surface area contributed by atoms with E-state index in [0.717, 1.165) is 23.3 Å². The minimum Gasteiger partial charge on any atom is -0.287 e. The van der Waals surface area contributed by atoms with Gasteiger partial charge in [-0.3, -0.25) is 29.5 Å². The van der Waals surface area contributed by atoms with Crippen LogP contribution in [0.3, 0.4) is 0 Å². The molecule has 0 saturated heterocycles. The van der Waals surface area contributed by atoms with Crippen LogP contribution in [0.4, 0.5) is 11.4 Å². The lowest BCUT2D eigenvalue weighted by Crippen LogP contribution is -2.19. The molecule has 0 fully saturated rings. The second kappa shape index (κ2) is 12.2. The molecule has 0 bridgehead atoms. The molecule has 48 heavy (non-hydrogen) atoms. The number of carbonyl (C=O) groups is 2. The van der Waals surface area contributed by atoms with Crippen LogP contribution in [0, 0.1) is 13.8 Å². The summed E-state index contributed by atoms with van der Waals surface area (Å²) in [5.74, 6) is -0.825. The van der Waals surface area contributed by atoms with Crippen LogP contribution in [0.25, 0.3) is 23.3 Å². The molecule has 0 amide bonds. The Hall–Kier alpha value is -5.54. The minimum absolute atomic E-state index is 0.0346. The molecule has 0 aliphatic heterocycles. The number of benzene rings is 4. The summed E-state index contributed by atoms with van der Waals surface area (Å²) in [4.78, 5) is 24.1. The number of rotatable bonds is 7. The predicted octanol–water partition coefficient (Wildman–Crippen LogP) is 5.29. The average Bonchev–Trinajstić information content (AvgIpc) is 3.03. The van der Waals surface area contributed by atoms with E-state index in [1.165, 1.54) is 38.1 Å². The Morgan fingerprint density at radius 1 is 0.562 bits per heavy atom. The Kier molecular flexibility index (Phi) is 8.26. The minimum atomic E-state index is -4.89. The van der Waals surface area contributed by atoms with Crippen LogP contribution in [0.2, 0.25) is 0 Å². The van der Waals surface area contributed by atoms with Crippen molar-refractivity contribution in [3.05, 3.63) is 118 Å². The largest absolute Gasteiger partial charge is 0.296 e. The highest BCUT2D eigenvalue weighted by Crippen LogP contribution is 2.36. The van der Waals surface area contributed by atoms with Crippen molar-refractivity contribution in [2.45, 2.75) is 23.6 Å². The quantitative estimate of drug-likeness (QED) is 0.147.